The summed E-state index contributed by atoms with van der Waals surface area (Å²) < 4.78 is 48.5. The molecule has 252 valence electrons. The van der Waals surface area contributed by atoms with Crippen LogP contribution in [0, 0.1) is 12.7 Å². The molecule has 1 fully saturated rings. The van der Waals surface area contributed by atoms with E-state index in [0.29, 0.717) is 5.75 Å². The minimum absolute atomic E-state index is 0.00649. The predicted octanol–water partition coefficient (Wildman–Crippen LogP) is 6.43. The molecule has 0 radical (unpaired) electrons. The Labute approximate surface area is 282 Å². The lowest BCUT2D eigenvalue weighted by Crippen LogP contribution is -2.55. The van der Waals surface area contributed by atoms with Gasteiger partial charge < -0.3 is 15.0 Å². The van der Waals surface area contributed by atoms with Crippen LogP contribution in [-0.4, -0.2) is 50.9 Å². The van der Waals surface area contributed by atoms with Crippen LogP contribution in [0.5, 0.6) is 5.75 Å². The van der Waals surface area contributed by atoms with Crippen LogP contribution < -0.4 is 14.4 Å². The molecule has 0 heterocycles. The zero-order valence-corrected chi connectivity index (χ0v) is 28.2. The second kappa shape index (κ2) is 15.9. The quantitative estimate of drug-likeness (QED) is 0.177. The zero-order valence-electron chi connectivity index (χ0n) is 27.3. The van der Waals surface area contributed by atoms with Crippen molar-refractivity contribution in [2.75, 3.05) is 18.0 Å². The molecular weight excluding hydrogens is 629 g/mol. The first-order valence-corrected chi connectivity index (χ1v) is 17.7. The molecule has 4 aromatic rings. The van der Waals surface area contributed by atoms with Crippen LogP contribution in [-0.2, 0) is 32.6 Å². The smallest absolute Gasteiger partial charge is 0.264 e. The highest BCUT2D eigenvalue weighted by atomic mass is 32.2. The maximum absolute atomic E-state index is 14.6. The van der Waals surface area contributed by atoms with Gasteiger partial charge in [-0.3, -0.25) is 13.9 Å². The number of nitrogens with zero attached hydrogens (tertiary/aromatic N) is 2. The minimum atomic E-state index is -4.32. The van der Waals surface area contributed by atoms with Crippen LogP contribution in [0.25, 0.3) is 0 Å². The van der Waals surface area contributed by atoms with Gasteiger partial charge in [0, 0.05) is 19.0 Å². The second-order valence-electron chi connectivity index (χ2n) is 12.2. The Morgan fingerprint density at radius 2 is 1.50 bits per heavy atom. The fraction of sp³-hybridized carbons (Fsp3) is 0.316. The molecule has 0 aliphatic heterocycles. The van der Waals surface area contributed by atoms with Gasteiger partial charge >= 0.3 is 0 Å². The Kier molecular flexibility index (Phi) is 11.5. The van der Waals surface area contributed by atoms with Gasteiger partial charge in [0.15, 0.2) is 0 Å². The Hall–Kier alpha value is -4.70. The lowest BCUT2D eigenvalue weighted by Gasteiger charge is -2.35. The lowest BCUT2D eigenvalue weighted by molar-refractivity contribution is -0.140. The van der Waals surface area contributed by atoms with Crippen molar-refractivity contribution in [3.8, 4) is 5.75 Å². The topological polar surface area (TPSA) is 96.0 Å². The summed E-state index contributed by atoms with van der Waals surface area (Å²) in [4.78, 5) is 30.2. The van der Waals surface area contributed by atoms with Crippen molar-refractivity contribution in [2.24, 2.45) is 0 Å². The average Bonchev–Trinajstić information content (AvgIpc) is 3.10. The third-order valence-corrected chi connectivity index (χ3v) is 10.5. The number of ether oxygens (including phenoxy) is 1. The predicted molar refractivity (Wildman–Crippen MR) is 185 cm³/mol. The van der Waals surface area contributed by atoms with Crippen molar-refractivity contribution in [3.05, 3.63) is 126 Å². The molecule has 0 bridgehead atoms. The first-order chi connectivity index (χ1) is 23.1. The molecule has 0 aromatic heterocycles. The van der Waals surface area contributed by atoms with Crippen LogP contribution in [0.2, 0.25) is 0 Å². The molecule has 0 saturated heterocycles. The molecule has 2 amide bonds. The maximum Gasteiger partial charge on any atom is 0.264 e. The summed E-state index contributed by atoms with van der Waals surface area (Å²) in [5.74, 6) is -0.931. The van der Waals surface area contributed by atoms with Gasteiger partial charge in [-0.15, -0.1) is 0 Å². The molecule has 1 unspecified atom stereocenters. The van der Waals surface area contributed by atoms with Crippen LogP contribution in [0.15, 0.2) is 108 Å². The highest BCUT2D eigenvalue weighted by Crippen LogP contribution is 2.27. The van der Waals surface area contributed by atoms with Crippen molar-refractivity contribution in [3.63, 3.8) is 0 Å². The molecule has 10 heteroatoms. The maximum atomic E-state index is 14.6. The third kappa shape index (κ3) is 8.80. The Bertz CT molecular complexity index is 1760. The van der Waals surface area contributed by atoms with Gasteiger partial charge in [-0.05, 0) is 79.4 Å². The van der Waals surface area contributed by atoms with Crippen molar-refractivity contribution in [1.82, 2.24) is 10.2 Å². The van der Waals surface area contributed by atoms with Crippen LogP contribution in [0.3, 0.4) is 0 Å². The molecule has 48 heavy (non-hydrogen) atoms. The molecule has 1 aliphatic carbocycles. The van der Waals surface area contributed by atoms with Gasteiger partial charge in [-0.25, -0.2) is 12.8 Å². The number of anilines is 1. The van der Waals surface area contributed by atoms with E-state index in [2.05, 4.69) is 5.32 Å². The van der Waals surface area contributed by atoms with E-state index < -0.39 is 34.3 Å². The summed E-state index contributed by atoms with van der Waals surface area (Å²) in [6.07, 6.45) is 5.15. The van der Waals surface area contributed by atoms with Gasteiger partial charge in [-0.1, -0.05) is 79.4 Å². The van der Waals surface area contributed by atoms with Gasteiger partial charge in [0.1, 0.15) is 24.2 Å². The number of nitrogens with one attached hydrogen (secondary N) is 1. The zero-order chi connectivity index (χ0) is 34.1. The minimum Gasteiger partial charge on any atom is -0.497 e. The van der Waals surface area contributed by atoms with Crippen LogP contribution in [0.1, 0.15) is 48.8 Å². The number of hydrogen-bond acceptors (Lipinski definition) is 5. The number of benzene rings is 4. The average molecular weight is 672 g/mol. The van der Waals surface area contributed by atoms with E-state index in [1.54, 1.807) is 0 Å². The molecule has 0 spiro atoms. The largest absolute Gasteiger partial charge is 0.497 e. The Balaban J connectivity index is 1.55. The summed E-state index contributed by atoms with van der Waals surface area (Å²) in [7, 11) is -2.84. The molecule has 8 nitrogen and oxygen atoms in total. The number of hydrogen-bond donors (Lipinski definition) is 1. The monoisotopic (exact) mass is 671 g/mol. The van der Waals surface area contributed by atoms with Crippen molar-refractivity contribution in [1.29, 1.82) is 0 Å². The van der Waals surface area contributed by atoms with E-state index in [1.807, 2.05) is 61.5 Å². The number of carbonyl (C=O) groups excluding carboxylic acids is 2. The fourth-order valence-corrected chi connectivity index (χ4v) is 7.41. The first-order valence-electron chi connectivity index (χ1n) is 16.3. The second-order valence-corrected chi connectivity index (χ2v) is 14.1. The first kappa shape index (κ1) is 34.6. The Morgan fingerprint density at radius 3 is 2.12 bits per heavy atom. The lowest BCUT2D eigenvalue weighted by atomic mass is 9.94. The molecule has 5 rings (SSSR count). The molecule has 1 saturated carbocycles. The standard InChI is InChI=1S/C38H42FN3O5S/c1-28-13-15-30(16-14-28)26-41(36(25-29-9-5-3-6-10-29)38(44)40-32-11-7-4-8-12-32)37(43)27-42(33-19-17-31(39)18-20-33)48(45,46)35-23-21-34(47-2)22-24-35/h3,5-6,9-10,13-24,32,36H,4,7-8,11-12,25-27H2,1-2H3,(H,40,44). The number of halogens is 1. The number of methoxy groups -OCH3 is 1. The van der Waals surface area contributed by atoms with Gasteiger partial charge in [0.05, 0.1) is 17.7 Å². The number of carbonyl (C=O) groups is 2. The number of amides is 2. The number of sulfonamides is 1. The van der Waals surface area contributed by atoms with Crippen molar-refractivity contribution in [2.45, 2.75) is 69.0 Å². The highest BCUT2D eigenvalue weighted by Gasteiger charge is 2.35. The van der Waals surface area contributed by atoms with Crippen molar-refractivity contribution >= 4 is 27.5 Å². The van der Waals surface area contributed by atoms with E-state index in [9.17, 15) is 22.4 Å². The van der Waals surface area contributed by atoms with E-state index in [-0.39, 0.29) is 35.5 Å². The van der Waals surface area contributed by atoms with Crippen LogP contribution in [0.4, 0.5) is 10.1 Å². The van der Waals surface area contributed by atoms with Crippen molar-refractivity contribution < 1.29 is 27.1 Å². The number of aryl methyl sites for hydroxylation is 1. The molecule has 1 aliphatic rings. The number of rotatable bonds is 13. The van der Waals surface area contributed by atoms with Gasteiger partial charge in [0.2, 0.25) is 11.8 Å². The summed E-state index contributed by atoms with van der Waals surface area (Å²) in [6, 6.07) is 27.0. The summed E-state index contributed by atoms with van der Waals surface area (Å²) in [6.45, 7) is 1.43. The SMILES string of the molecule is COc1ccc(S(=O)(=O)N(CC(=O)N(Cc2ccc(C)cc2)C(Cc2ccccc2)C(=O)NC2CCCCC2)c2ccc(F)cc2)cc1. The van der Waals surface area contributed by atoms with E-state index in [4.69, 9.17) is 4.74 Å². The molecule has 1 N–H and O–H groups in total. The third-order valence-electron chi connectivity index (χ3n) is 8.74. The van der Waals surface area contributed by atoms with Gasteiger partial charge in [0.25, 0.3) is 10.0 Å². The normalized spacial score (nSPS) is 14.1. The highest BCUT2D eigenvalue weighted by molar-refractivity contribution is 7.92. The Morgan fingerprint density at radius 1 is 0.854 bits per heavy atom. The molecule has 1 atom stereocenters. The summed E-state index contributed by atoms with van der Waals surface area (Å²) >= 11 is 0. The summed E-state index contributed by atoms with van der Waals surface area (Å²) in [5.41, 5.74) is 2.82. The van der Waals surface area contributed by atoms with E-state index in [0.717, 1.165) is 65.2 Å². The van der Waals surface area contributed by atoms with Crippen LogP contribution >= 0.6 is 0 Å². The van der Waals surface area contributed by atoms with E-state index >= 15 is 0 Å². The molecular formula is C38H42FN3O5S. The van der Waals surface area contributed by atoms with E-state index in [1.165, 1.54) is 48.4 Å². The fourth-order valence-electron chi connectivity index (χ4n) is 6.00. The summed E-state index contributed by atoms with van der Waals surface area (Å²) in [5, 5.41) is 3.21. The molecule has 4 aromatic carbocycles. The van der Waals surface area contributed by atoms with Gasteiger partial charge in [-0.2, -0.15) is 0 Å².